The average Bonchev–Trinajstić information content (AvgIpc) is 3.28. The van der Waals surface area contributed by atoms with Crippen LogP contribution in [0.1, 0.15) is 29.3 Å². The molecule has 1 aromatic carbocycles. The number of amides is 2. The van der Waals surface area contributed by atoms with Crippen molar-refractivity contribution in [1.29, 1.82) is 0 Å². The highest BCUT2D eigenvalue weighted by atomic mass is 32.2. The molecule has 180 valence electrons. The molecular weight excluding hydrogens is 471 g/mol. The fraction of sp³-hybridized carbons (Fsp3) is 0.391. The number of imide groups is 1. The fourth-order valence-corrected chi connectivity index (χ4v) is 5.39. The van der Waals surface area contributed by atoms with Crippen LogP contribution >= 0.6 is 11.8 Å². The van der Waals surface area contributed by atoms with Crippen LogP contribution in [0.5, 0.6) is 0 Å². The standard InChI is InChI=1S/C23H22F3N3O4S/c1-34-10-8-22(21(32)33)17-16(18(28-22)13-5-4-6-14(11-13)23(24,25)26)19(30)29(20(17)31)12-15-7-2-3-9-27-15/h2-7,9,11,16-18,28H,8,10,12H2,1H3,(H,32,33). The van der Waals surface area contributed by atoms with Gasteiger partial charge >= 0.3 is 12.1 Å². The lowest BCUT2D eigenvalue weighted by Crippen LogP contribution is -2.56. The Morgan fingerprint density at radius 2 is 1.97 bits per heavy atom. The summed E-state index contributed by atoms with van der Waals surface area (Å²) in [6, 6.07) is 8.37. The maximum absolute atomic E-state index is 13.5. The Bertz CT molecular complexity index is 1110. The van der Waals surface area contributed by atoms with Gasteiger partial charge in [-0.05, 0) is 48.3 Å². The molecular formula is C23H22F3N3O4S. The second-order valence-corrected chi connectivity index (χ2v) is 9.34. The van der Waals surface area contributed by atoms with E-state index in [-0.39, 0.29) is 18.5 Å². The zero-order chi connectivity index (χ0) is 24.7. The van der Waals surface area contributed by atoms with Gasteiger partial charge < -0.3 is 5.11 Å². The topological polar surface area (TPSA) is 99.6 Å². The molecule has 1 aromatic heterocycles. The number of hydrogen-bond donors (Lipinski definition) is 2. The highest BCUT2D eigenvalue weighted by molar-refractivity contribution is 7.98. The van der Waals surface area contributed by atoms with Gasteiger partial charge in [0.25, 0.3) is 0 Å². The van der Waals surface area contributed by atoms with Crippen molar-refractivity contribution in [3.63, 3.8) is 0 Å². The van der Waals surface area contributed by atoms with Crippen molar-refractivity contribution in [2.75, 3.05) is 12.0 Å². The normalized spacial score (nSPS) is 26.7. The molecule has 2 N–H and O–H groups in total. The van der Waals surface area contributed by atoms with Crippen molar-refractivity contribution in [3.05, 3.63) is 65.5 Å². The summed E-state index contributed by atoms with van der Waals surface area (Å²) in [5, 5.41) is 13.1. The predicted molar refractivity (Wildman–Crippen MR) is 117 cm³/mol. The van der Waals surface area contributed by atoms with Gasteiger partial charge in [-0.3, -0.25) is 29.6 Å². The molecule has 0 aliphatic carbocycles. The second-order valence-electron chi connectivity index (χ2n) is 8.35. The number of hydrogen-bond acceptors (Lipinski definition) is 6. The van der Waals surface area contributed by atoms with E-state index in [1.54, 1.807) is 24.5 Å². The van der Waals surface area contributed by atoms with E-state index in [0.29, 0.717) is 11.4 Å². The largest absolute Gasteiger partial charge is 0.480 e. The molecule has 4 rings (SSSR count). The van der Waals surface area contributed by atoms with Crippen molar-refractivity contribution in [3.8, 4) is 0 Å². The third-order valence-corrected chi connectivity index (χ3v) is 7.06. The van der Waals surface area contributed by atoms with Gasteiger partial charge in [0.15, 0.2) is 0 Å². The molecule has 2 aromatic rings. The minimum Gasteiger partial charge on any atom is -0.480 e. The molecule has 4 atom stereocenters. The van der Waals surface area contributed by atoms with Gasteiger partial charge in [-0.25, -0.2) is 0 Å². The SMILES string of the molecule is CSCCC1(C(=O)O)NC(c2cccc(C(F)(F)F)c2)C2C(=O)N(Cc3ccccn3)C(=O)C21. The molecule has 11 heteroatoms. The van der Waals surface area contributed by atoms with Crippen molar-refractivity contribution < 1.29 is 32.7 Å². The number of nitrogens with zero attached hydrogens (tertiary/aromatic N) is 2. The van der Waals surface area contributed by atoms with E-state index in [9.17, 15) is 32.7 Å². The molecule has 34 heavy (non-hydrogen) atoms. The third-order valence-electron chi connectivity index (χ3n) is 6.45. The monoisotopic (exact) mass is 493 g/mol. The number of benzene rings is 1. The first kappa shape index (κ1) is 24.2. The molecule has 0 saturated carbocycles. The lowest BCUT2D eigenvalue weighted by Gasteiger charge is -2.31. The van der Waals surface area contributed by atoms with E-state index in [4.69, 9.17) is 0 Å². The molecule has 0 radical (unpaired) electrons. The van der Waals surface area contributed by atoms with E-state index in [0.717, 1.165) is 17.0 Å². The summed E-state index contributed by atoms with van der Waals surface area (Å²) in [7, 11) is 0. The van der Waals surface area contributed by atoms with Gasteiger partial charge in [-0.15, -0.1) is 0 Å². The summed E-state index contributed by atoms with van der Waals surface area (Å²) in [5.41, 5.74) is -2.16. The van der Waals surface area contributed by atoms with Crippen LogP contribution in [0.2, 0.25) is 0 Å². The maximum Gasteiger partial charge on any atom is 0.416 e. The fourth-order valence-electron chi connectivity index (χ4n) is 4.86. The van der Waals surface area contributed by atoms with E-state index in [1.165, 1.54) is 30.1 Å². The second kappa shape index (κ2) is 9.03. The van der Waals surface area contributed by atoms with Crippen LogP contribution in [0, 0.1) is 11.8 Å². The van der Waals surface area contributed by atoms with Gasteiger partial charge in [0, 0.05) is 12.2 Å². The smallest absolute Gasteiger partial charge is 0.416 e. The Hall–Kier alpha value is -2.92. The Balaban J connectivity index is 1.80. The summed E-state index contributed by atoms with van der Waals surface area (Å²) < 4.78 is 40.1. The van der Waals surface area contributed by atoms with Crippen LogP contribution in [0.15, 0.2) is 48.7 Å². The first-order valence-electron chi connectivity index (χ1n) is 10.5. The van der Waals surface area contributed by atoms with Crippen molar-refractivity contribution in [1.82, 2.24) is 15.2 Å². The average molecular weight is 494 g/mol. The minimum absolute atomic E-state index is 0.0244. The predicted octanol–water partition coefficient (Wildman–Crippen LogP) is 3.12. The molecule has 2 amide bonds. The summed E-state index contributed by atoms with van der Waals surface area (Å²) in [6.07, 6.45) is -1.30. The van der Waals surface area contributed by atoms with Crippen LogP contribution in [0.4, 0.5) is 13.2 Å². The molecule has 2 saturated heterocycles. The number of alkyl halides is 3. The number of halogens is 3. The van der Waals surface area contributed by atoms with Gasteiger partial charge in [-0.2, -0.15) is 24.9 Å². The number of pyridine rings is 1. The molecule has 2 aliphatic heterocycles. The number of carboxylic acids is 1. The number of carbonyl (C=O) groups excluding carboxylic acids is 2. The van der Waals surface area contributed by atoms with Crippen LogP contribution in [-0.2, 0) is 27.1 Å². The van der Waals surface area contributed by atoms with Crippen LogP contribution in [-0.4, -0.2) is 50.3 Å². The number of thioether (sulfide) groups is 1. The van der Waals surface area contributed by atoms with E-state index in [2.05, 4.69) is 10.3 Å². The quantitative estimate of drug-likeness (QED) is 0.572. The number of aromatic nitrogens is 1. The Kier molecular flexibility index (Phi) is 6.43. The highest BCUT2D eigenvalue weighted by Crippen LogP contribution is 2.51. The van der Waals surface area contributed by atoms with Crippen LogP contribution in [0.3, 0.4) is 0 Å². The van der Waals surface area contributed by atoms with Gasteiger partial charge in [-0.1, -0.05) is 18.2 Å². The summed E-state index contributed by atoms with van der Waals surface area (Å²) >= 11 is 1.37. The van der Waals surface area contributed by atoms with Gasteiger partial charge in [0.1, 0.15) is 5.54 Å². The van der Waals surface area contributed by atoms with Crippen LogP contribution < -0.4 is 5.32 Å². The Morgan fingerprint density at radius 1 is 1.21 bits per heavy atom. The summed E-state index contributed by atoms with van der Waals surface area (Å²) in [4.78, 5) is 44.6. The Labute approximate surface area is 197 Å². The van der Waals surface area contributed by atoms with Crippen molar-refractivity contribution >= 4 is 29.5 Å². The molecule has 4 unspecified atom stereocenters. The van der Waals surface area contributed by atoms with Crippen molar-refractivity contribution in [2.45, 2.75) is 30.7 Å². The molecule has 0 spiro atoms. The Morgan fingerprint density at radius 3 is 2.59 bits per heavy atom. The third kappa shape index (κ3) is 4.07. The zero-order valence-electron chi connectivity index (χ0n) is 18.1. The van der Waals surface area contributed by atoms with Crippen molar-refractivity contribution in [2.24, 2.45) is 11.8 Å². The molecule has 7 nitrogen and oxygen atoms in total. The molecule has 2 aliphatic rings. The number of rotatable bonds is 7. The van der Waals surface area contributed by atoms with E-state index < -0.39 is 52.9 Å². The van der Waals surface area contributed by atoms with Gasteiger partial charge in [0.05, 0.1) is 29.6 Å². The number of fused-ring (bicyclic) bond motifs is 1. The number of carboxylic acid groups (broad SMARTS) is 1. The van der Waals surface area contributed by atoms with E-state index in [1.807, 2.05) is 0 Å². The van der Waals surface area contributed by atoms with E-state index >= 15 is 0 Å². The van der Waals surface area contributed by atoms with Crippen LogP contribution in [0.25, 0.3) is 0 Å². The lowest BCUT2D eigenvalue weighted by atomic mass is 9.78. The molecule has 3 heterocycles. The molecule has 2 fully saturated rings. The summed E-state index contributed by atoms with van der Waals surface area (Å²) in [6.45, 7) is -0.140. The molecule has 0 bridgehead atoms. The first-order valence-corrected chi connectivity index (χ1v) is 11.9. The number of carbonyl (C=O) groups is 3. The number of nitrogens with one attached hydrogen (secondary N) is 1. The number of aliphatic carboxylic acids is 1. The highest BCUT2D eigenvalue weighted by Gasteiger charge is 2.68. The maximum atomic E-state index is 13.5. The zero-order valence-corrected chi connectivity index (χ0v) is 18.9. The van der Waals surface area contributed by atoms with Gasteiger partial charge in [0.2, 0.25) is 11.8 Å². The minimum atomic E-state index is -4.61. The first-order chi connectivity index (χ1) is 16.1. The summed E-state index contributed by atoms with van der Waals surface area (Å²) in [5.74, 6) is -4.63. The number of likely N-dealkylation sites (tertiary alicyclic amines) is 1. The lowest BCUT2D eigenvalue weighted by molar-refractivity contribution is -0.151.